The van der Waals surface area contributed by atoms with E-state index in [-0.39, 0.29) is 11.5 Å². The van der Waals surface area contributed by atoms with Gasteiger partial charge in [0.25, 0.3) is 0 Å². The number of aryl methyl sites for hydroxylation is 1. The van der Waals surface area contributed by atoms with Crippen LogP contribution in [-0.2, 0) is 11.8 Å². The van der Waals surface area contributed by atoms with Gasteiger partial charge < -0.3 is 5.73 Å². The van der Waals surface area contributed by atoms with Crippen molar-refractivity contribution in [2.75, 3.05) is 0 Å². The molecule has 0 unspecified atom stereocenters. The number of hydrogen-bond acceptors (Lipinski definition) is 1. The van der Waals surface area contributed by atoms with Gasteiger partial charge in [0.2, 0.25) is 0 Å². The van der Waals surface area contributed by atoms with E-state index in [1.807, 2.05) is 0 Å². The third-order valence-electron chi connectivity index (χ3n) is 3.14. The monoisotopic (exact) mass is 189 g/mol. The van der Waals surface area contributed by atoms with E-state index in [2.05, 4.69) is 39.0 Å². The highest BCUT2D eigenvalue weighted by atomic mass is 14.6. The second-order valence-electron chi connectivity index (χ2n) is 5.31. The van der Waals surface area contributed by atoms with E-state index in [0.29, 0.717) is 0 Å². The van der Waals surface area contributed by atoms with Gasteiger partial charge in [-0.2, -0.15) is 0 Å². The van der Waals surface area contributed by atoms with Crippen molar-refractivity contribution < 1.29 is 0 Å². The summed E-state index contributed by atoms with van der Waals surface area (Å²) in [5, 5.41) is 0. The van der Waals surface area contributed by atoms with E-state index in [9.17, 15) is 0 Å². The maximum absolute atomic E-state index is 6.06. The Morgan fingerprint density at radius 1 is 1.29 bits per heavy atom. The van der Waals surface area contributed by atoms with Crippen molar-refractivity contribution in [3.63, 3.8) is 0 Å². The molecule has 1 aromatic rings. The highest BCUT2D eigenvalue weighted by Gasteiger charge is 2.22. The Morgan fingerprint density at radius 3 is 2.64 bits per heavy atom. The maximum atomic E-state index is 6.06. The van der Waals surface area contributed by atoms with Crippen LogP contribution in [0.4, 0.5) is 0 Å². The van der Waals surface area contributed by atoms with E-state index in [4.69, 9.17) is 5.73 Å². The van der Waals surface area contributed by atoms with Crippen molar-refractivity contribution in [1.82, 2.24) is 0 Å². The van der Waals surface area contributed by atoms with Crippen molar-refractivity contribution in [3.05, 3.63) is 34.9 Å². The van der Waals surface area contributed by atoms with Gasteiger partial charge in [-0.05, 0) is 34.9 Å². The largest absolute Gasteiger partial charge is 0.324 e. The van der Waals surface area contributed by atoms with Crippen LogP contribution in [0.1, 0.15) is 49.9 Å². The average Bonchev–Trinajstić information content (AvgIpc) is 2.46. The molecule has 0 saturated heterocycles. The topological polar surface area (TPSA) is 26.0 Å². The number of fused-ring (bicyclic) bond motifs is 1. The minimum atomic E-state index is 0.233. The van der Waals surface area contributed by atoms with Crippen LogP contribution in [0, 0.1) is 0 Å². The predicted molar refractivity (Wildman–Crippen MR) is 60.4 cm³/mol. The van der Waals surface area contributed by atoms with Gasteiger partial charge in [0.1, 0.15) is 0 Å². The normalized spacial score (nSPS) is 21.0. The molecule has 0 amide bonds. The lowest BCUT2D eigenvalue weighted by Gasteiger charge is -2.20. The molecule has 1 aliphatic carbocycles. The molecule has 1 nitrogen and oxygen atoms in total. The SMILES string of the molecule is CC(C)(C)c1ccc2c(c1)[C@H](N)CC2. The highest BCUT2D eigenvalue weighted by Crippen LogP contribution is 2.33. The third kappa shape index (κ3) is 1.57. The van der Waals surface area contributed by atoms with Crippen LogP contribution in [0.3, 0.4) is 0 Å². The lowest BCUT2D eigenvalue weighted by atomic mass is 9.85. The summed E-state index contributed by atoms with van der Waals surface area (Å²) in [4.78, 5) is 0. The summed E-state index contributed by atoms with van der Waals surface area (Å²) in [5.74, 6) is 0. The fourth-order valence-corrected chi connectivity index (χ4v) is 2.10. The summed E-state index contributed by atoms with van der Waals surface area (Å²) in [6.07, 6.45) is 2.27. The van der Waals surface area contributed by atoms with E-state index < -0.39 is 0 Å². The van der Waals surface area contributed by atoms with Gasteiger partial charge in [0.15, 0.2) is 0 Å². The average molecular weight is 189 g/mol. The second-order valence-corrected chi connectivity index (χ2v) is 5.31. The summed E-state index contributed by atoms with van der Waals surface area (Å²) in [6, 6.07) is 7.07. The number of rotatable bonds is 0. The van der Waals surface area contributed by atoms with E-state index >= 15 is 0 Å². The molecular weight excluding hydrogens is 170 g/mol. The summed E-state index contributed by atoms with van der Waals surface area (Å²) in [7, 11) is 0. The zero-order valence-corrected chi connectivity index (χ0v) is 9.30. The smallest absolute Gasteiger partial charge is 0.0300 e. The first kappa shape index (κ1) is 9.72. The van der Waals surface area contributed by atoms with Gasteiger partial charge in [-0.3, -0.25) is 0 Å². The zero-order valence-electron chi connectivity index (χ0n) is 9.30. The second kappa shape index (κ2) is 3.09. The Labute approximate surface area is 86.3 Å². The van der Waals surface area contributed by atoms with Crippen molar-refractivity contribution in [1.29, 1.82) is 0 Å². The first-order valence-corrected chi connectivity index (χ1v) is 5.37. The molecule has 0 fully saturated rings. The molecule has 0 spiro atoms. The first-order valence-electron chi connectivity index (χ1n) is 5.37. The highest BCUT2D eigenvalue weighted by molar-refractivity contribution is 5.39. The van der Waals surface area contributed by atoms with Gasteiger partial charge in [-0.1, -0.05) is 39.0 Å². The van der Waals surface area contributed by atoms with Crippen LogP contribution < -0.4 is 5.73 Å². The summed E-state index contributed by atoms with van der Waals surface area (Å²) < 4.78 is 0. The van der Waals surface area contributed by atoms with Crippen LogP contribution in [0.5, 0.6) is 0 Å². The lowest BCUT2D eigenvalue weighted by molar-refractivity contribution is 0.588. The predicted octanol–water partition coefficient (Wildman–Crippen LogP) is 2.93. The summed E-state index contributed by atoms with van der Waals surface area (Å²) in [5.41, 5.74) is 10.5. The van der Waals surface area contributed by atoms with Gasteiger partial charge in [-0.25, -0.2) is 0 Å². The Kier molecular flexibility index (Phi) is 2.15. The maximum Gasteiger partial charge on any atom is 0.0300 e. The molecule has 0 radical (unpaired) electrons. The summed E-state index contributed by atoms with van der Waals surface area (Å²) in [6.45, 7) is 6.74. The number of nitrogens with two attached hydrogens (primary N) is 1. The molecule has 1 atom stereocenters. The van der Waals surface area contributed by atoms with Crippen molar-refractivity contribution in [3.8, 4) is 0 Å². The van der Waals surface area contributed by atoms with Gasteiger partial charge in [0, 0.05) is 6.04 Å². The van der Waals surface area contributed by atoms with Crippen molar-refractivity contribution >= 4 is 0 Å². The lowest BCUT2D eigenvalue weighted by Crippen LogP contribution is -2.13. The standard InChI is InChI=1S/C13H19N/c1-13(2,3)10-6-4-9-5-7-12(14)11(9)8-10/h4,6,8,12H,5,7,14H2,1-3H3/t12-/m1/s1. The Bertz CT molecular complexity index is 347. The number of benzene rings is 1. The molecule has 0 aromatic heterocycles. The molecular formula is C13H19N. The third-order valence-corrected chi connectivity index (χ3v) is 3.14. The van der Waals surface area contributed by atoms with Crippen molar-refractivity contribution in [2.24, 2.45) is 5.73 Å². The quantitative estimate of drug-likeness (QED) is 0.667. The van der Waals surface area contributed by atoms with Gasteiger partial charge >= 0.3 is 0 Å². The molecule has 1 aliphatic rings. The molecule has 0 heterocycles. The molecule has 2 N–H and O–H groups in total. The Morgan fingerprint density at radius 2 is 2.00 bits per heavy atom. The molecule has 0 bridgehead atoms. The minimum Gasteiger partial charge on any atom is -0.324 e. The van der Waals surface area contributed by atoms with Crippen LogP contribution >= 0.6 is 0 Å². The fraction of sp³-hybridized carbons (Fsp3) is 0.538. The Hall–Kier alpha value is -0.820. The fourth-order valence-electron chi connectivity index (χ4n) is 2.10. The van der Waals surface area contributed by atoms with Gasteiger partial charge in [0.05, 0.1) is 0 Å². The molecule has 0 saturated carbocycles. The number of hydrogen-bond donors (Lipinski definition) is 1. The van der Waals surface area contributed by atoms with E-state index in [0.717, 1.165) is 12.8 Å². The summed E-state index contributed by atoms with van der Waals surface area (Å²) >= 11 is 0. The van der Waals surface area contributed by atoms with Gasteiger partial charge in [-0.15, -0.1) is 0 Å². The van der Waals surface area contributed by atoms with E-state index in [1.165, 1.54) is 16.7 Å². The van der Waals surface area contributed by atoms with Crippen LogP contribution in [0.15, 0.2) is 18.2 Å². The molecule has 0 aliphatic heterocycles. The van der Waals surface area contributed by atoms with Crippen molar-refractivity contribution in [2.45, 2.75) is 45.1 Å². The van der Waals surface area contributed by atoms with Crippen LogP contribution in [-0.4, -0.2) is 0 Å². The molecule has 1 heteroatoms. The molecule has 1 aromatic carbocycles. The van der Waals surface area contributed by atoms with E-state index in [1.54, 1.807) is 0 Å². The molecule has 76 valence electrons. The Balaban J connectivity index is 2.45. The first-order chi connectivity index (χ1) is 6.48. The molecule has 2 rings (SSSR count). The van der Waals surface area contributed by atoms with Crippen LogP contribution in [0.25, 0.3) is 0 Å². The van der Waals surface area contributed by atoms with Crippen LogP contribution in [0.2, 0.25) is 0 Å². The molecule has 14 heavy (non-hydrogen) atoms. The minimum absolute atomic E-state index is 0.233. The zero-order chi connectivity index (χ0) is 10.3.